The Morgan fingerprint density at radius 2 is 2.00 bits per heavy atom. The van der Waals surface area contributed by atoms with Crippen LogP contribution < -0.4 is 10.1 Å². The molecule has 1 aliphatic heterocycles. The Kier molecular flexibility index (Phi) is 5.10. The number of rotatable bonds is 5. The van der Waals surface area contributed by atoms with Crippen LogP contribution in [0.5, 0.6) is 5.75 Å². The van der Waals surface area contributed by atoms with Crippen molar-refractivity contribution < 1.29 is 9.53 Å². The van der Waals surface area contributed by atoms with E-state index in [1.165, 1.54) is 5.56 Å². The molecule has 1 heterocycles. The molecule has 1 N–H and O–H groups in total. The first-order chi connectivity index (χ1) is 11.5. The van der Waals surface area contributed by atoms with Crippen molar-refractivity contribution in [2.45, 2.75) is 32.3 Å². The maximum atomic E-state index is 12.5. The average molecular weight is 344 g/mol. The summed E-state index contributed by atoms with van der Waals surface area (Å²) in [6.45, 7) is 4.96. The summed E-state index contributed by atoms with van der Waals surface area (Å²) in [6.07, 6.45) is 0.0985. The van der Waals surface area contributed by atoms with E-state index in [4.69, 9.17) is 16.3 Å². The molecule has 0 aromatic heterocycles. The van der Waals surface area contributed by atoms with Gasteiger partial charge in [-0.15, -0.1) is 0 Å². The predicted octanol–water partition coefficient (Wildman–Crippen LogP) is 4.20. The van der Waals surface area contributed by atoms with Crippen molar-refractivity contribution in [3.8, 4) is 5.75 Å². The largest absolute Gasteiger partial charge is 0.480 e. The minimum atomic E-state index is -0.470. The molecule has 2 unspecified atom stereocenters. The maximum Gasteiger partial charge on any atom is 0.261 e. The predicted molar refractivity (Wildman–Crippen MR) is 96.6 cm³/mol. The molecular weight excluding hydrogens is 322 g/mol. The van der Waals surface area contributed by atoms with Crippen LogP contribution in [0.15, 0.2) is 48.5 Å². The van der Waals surface area contributed by atoms with Crippen molar-refractivity contribution in [3.05, 3.63) is 64.7 Å². The van der Waals surface area contributed by atoms with Crippen LogP contribution in [-0.2, 0) is 11.2 Å². The first-order valence-corrected chi connectivity index (χ1v) is 8.70. The Balaban J connectivity index is 1.61. The summed E-state index contributed by atoms with van der Waals surface area (Å²) in [4.78, 5) is 12.5. The van der Waals surface area contributed by atoms with Crippen molar-refractivity contribution in [2.24, 2.45) is 5.92 Å². The van der Waals surface area contributed by atoms with E-state index in [1.807, 2.05) is 30.3 Å². The smallest absolute Gasteiger partial charge is 0.261 e. The molecule has 0 bridgehead atoms. The number of nitrogens with one attached hydrogen (secondary N) is 1. The second-order valence-electron chi connectivity index (χ2n) is 6.57. The molecule has 0 saturated carbocycles. The molecule has 0 aliphatic carbocycles. The Hall–Kier alpha value is -2.00. The highest BCUT2D eigenvalue weighted by atomic mass is 35.5. The zero-order chi connectivity index (χ0) is 17.1. The number of fused-ring (bicyclic) bond motifs is 1. The van der Waals surface area contributed by atoms with E-state index in [-0.39, 0.29) is 11.8 Å². The number of hydrogen-bond donors (Lipinski definition) is 1. The molecule has 0 saturated heterocycles. The second-order valence-corrected chi connectivity index (χ2v) is 7.01. The molecule has 2 aromatic carbocycles. The molecule has 24 heavy (non-hydrogen) atoms. The molecule has 2 atom stereocenters. The van der Waals surface area contributed by atoms with Gasteiger partial charge in [-0.1, -0.05) is 55.8 Å². The van der Waals surface area contributed by atoms with Crippen LogP contribution in [0.25, 0.3) is 0 Å². The Bertz CT molecular complexity index is 715. The molecule has 0 fully saturated rings. The molecular formula is C20H22ClNO2. The van der Waals surface area contributed by atoms with Gasteiger partial charge < -0.3 is 10.1 Å². The lowest BCUT2D eigenvalue weighted by atomic mass is 9.88. The third kappa shape index (κ3) is 3.73. The Morgan fingerprint density at radius 3 is 2.71 bits per heavy atom. The lowest BCUT2D eigenvalue weighted by Gasteiger charge is -2.22. The van der Waals surface area contributed by atoms with E-state index in [0.717, 1.165) is 11.3 Å². The summed E-state index contributed by atoms with van der Waals surface area (Å²) in [5.41, 5.74) is 2.24. The van der Waals surface area contributed by atoms with Crippen LogP contribution >= 0.6 is 11.6 Å². The molecule has 4 heteroatoms. The molecule has 3 nitrogen and oxygen atoms in total. The highest BCUT2D eigenvalue weighted by Gasteiger charge is 2.29. The van der Waals surface area contributed by atoms with E-state index in [0.29, 0.717) is 23.9 Å². The first-order valence-electron chi connectivity index (χ1n) is 8.32. The topological polar surface area (TPSA) is 38.3 Å². The van der Waals surface area contributed by atoms with Gasteiger partial charge in [0.25, 0.3) is 5.91 Å². The molecule has 0 radical (unpaired) electrons. The van der Waals surface area contributed by atoms with Crippen LogP contribution in [-0.4, -0.2) is 18.6 Å². The van der Waals surface area contributed by atoms with E-state index in [1.54, 1.807) is 6.07 Å². The molecule has 1 amide bonds. The van der Waals surface area contributed by atoms with E-state index in [2.05, 4.69) is 31.3 Å². The minimum Gasteiger partial charge on any atom is -0.480 e. The summed E-state index contributed by atoms with van der Waals surface area (Å²) in [6, 6.07) is 15.8. The molecule has 3 rings (SSSR count). The quantitative estimate of drug-likeness (QED) is 0.883. The molecule has 2 aromatic rings. The van der Waals surface area contributed by atoms with Gasteiger partial charge in [-0.25, -0.2) is 0 Å². The van der Waals surface area contributed by atoms with Crippen molar-refractivity contribution in [2.75, 3.05) is 6.54 Å². The van der Waals surface area contributed by atoms with Gasteiger partial charge in [-0.2, -0.15) is 0 Å². The van der Waals surface area contributed by atoms with Gasteiger partial charge in [0.05, 0.1) is 0 Å². The van der Waals surface area contributed by atoms with Gasteiger partial charge in [0.2, 0.25) is 0 Å². The number of hydrogen-bond acceptors (Lipinski definition) is 2. The number of ether oxygens (including phenoxy) is 1. The van der Waals surface area contributed by atoms with Crippen LogP contribution in [0.2, 0.25) is 5.02 Å². The fraction of sp³-hybridized carbons (Fsp3) is 0.350. The maximum absolute atomic E-state index is 12.5. The highest BCUT2D eigenvalue weighted by molar-refractivity contribution is 6.30. The van der Waals surface area contributed by atoms with E-state index >= 15 is 0 Å². The minimum absolute atomic E-state index is 0.0658. The summed E-state index contributed by atoms with van der Waals surface area (Å²) >= 11 is 6.00. The Morgan fingerprint density at radius 1 is 1.25 bits per heavy atom. The molecule has 126 valence electrons. The zero-order valence-electron chi connectivity index (χ0n) is 14.0. The first kappa shape index (κ1) is 16.8. The normalized spacial score (nSPS) is 17.2. The van der Waals surface area contributed by atoms with Gasteiger partial charge in [0.1, 0.15) is 5.75 Å². The Labute approximate surface area is 148 Å². The summed E-state index contributed by atoms with van der Waals surface area (Å²) in [5, 5.41) is 3.73. The number of benzene rings is 2. The van der Waals surface area contributed by atoms with Gasteiger partial charge in [-0.3, -0.25) is 4.79 Å². The van der Waals surface area contributed by atoms with Crippen molar-refractivity contribution in [1.29, 1.82) is 0 Å². The van der Waals surface area contributed by atoms with Gasteiger partial charge in [-0.05, 0) is 35.2 Å². The number of carbonyl (C=O) groups excluding carboxylic acids is 1. The van der Waals surface area contributed by atoms with Crippen molar-refractivity contribution >= 4 is 17.5 Å². The number of carbonyl (C=O) groups is 1. The lowest BCUT2D eigenvalue weighted by molar-refractivity contribution is -0.127. The fourth-order valence-electron chi connectivity index (χ4n) is 3.13. The standard InChI is InChI=1S/C20H22ClNO2/c1-13(2)17(14-6-4-3-5-7-14)12-22-20(23)19-11-15-10-16(21)8-9-18(15)24-19/h3-10,13,17,19H,11-12H2,1-2H3,(H,22,23). The highest BCUT2D eigenvalue weighted by Crippen LogP contribution is 2.31. The lowest BCUT2D eigenvalue weighted by Crippen LogP contribution is -2.40. The third-order valence-corrected chi connectivity index (χ3v) is 4.75. The van der Waals surface area contributed by atoms with Crippen molar-refractivity contribution in [1.82, 2.24) is 5.32 Å². The van der Waals surface area contributed by atoms with Crippen LogP contribution in [0.4, 0.5) is 0 Å². The third-order valence-electron chi connectivity index (χ3n) is 4.52. The zero-order valence-corrected chi connectivity index (χ0v) is 14.7. The van der Waals surface area contributed by atoms with E-state index in [9.17, 15) is 4.79 Å². The van der Waals surface area contributed by atoms with Crippen LogP contribution in [0.3, 0.4) is 0 Å². The number of halogens is 1. The summed E-state index contributed by atoms with van der Waals surface area (Å²) in [5.74, 6) is 1.41. The van der Waals surface area contributed by atoms with E-state index < -0.39 is 6.10 Å². The van der Waals surface area contributed by atoms with Gasteiger partial charge in [0.15, 0.2) is 6.10 Å². The summed E-state index contributed by atoms with van der Waals surface area (Å²) < 4.78 is 5.75. The van der Waals surface area contributed by atoms with Crippen LogP contribution in [0.1, 0.15) is 30.9 Å². The SMILES string of the molecule is CC(C)C(CNC(=O)C1Cc2cc(Cl)ccc2O1)c1ccccc1. The number of amides is 1. The van der Waals surface area contributed by atoms with Gasteiger partial charge in [0, 0.05) is 23.9 Å². The fourth-order valence-corrected chi connectivity index (χ4v) is 3.32. The summed E-state index contributed by atoms with van der Waals surface area (Å²) in [7, 11) is 0. The van der Waals surface area contributed by atoms with Gasteiger partial charge >= 0.3 is 0 Å². The van der Waals surface area contributed by atoms with Crippen LogP contribution in [0, 0.1) is 5.92 Å². The average Bonchev–Trinajstić information content (AvgIpc) is 2.98. The van der Waals surface area contributed by atoms with Crippen molar-refractivity contribution in [3.63, 3.8) is 0 Å². The monoisotopic (exact) mass is 343 g/mol. The second kappa shape index (κ2) is 7.27. The molecule has 1 aliphatic rings. The molecule has 0 spiro atoms.